The maximum Gasteiger partial charge on any atom is 0.279 e. The molecule has 1 aliphatic heterocycles. The molecule has 1 amide bonds. The van der Waals surface area contributed by atoms with Gasteiger partial charge in [0.15, 0.2) is 0 Å². The Bertz CT molecular complexity index is 622. The second kappa shape index (κ2) is 3.05. The number of carbonyl (C=O) groups is 1. The van der Waals surface area contributed by atoms with Gasteiger partial charge in [0.05, 0.1) is 11.1 Å². The van der Waals surface area contributed by atoms with Gasteiger partial charge < -0.3 is 5.11 Å². The van der Waals surface area contributed by atoms with Crippen LogP contribution in [-0.4, -0.2) is 21.8 Å². The van der Waals surface area contributed by atoms with E-state index < -0.39 is 0 Å². The van der Waals surface area contributed by atoms with E-state index in [1.54, 1.807) is 22.1 Å². The van der Waals surface area contributed by atoms with Crippen LogP contribution in [0.25, 0.3) is 5.00 Å². The first-order valence-corrected chi connectivity index (χ1v) is 5.58. The second-order valence-electron chi connectivity index (χ2n) is 3.60. The van der Waals surface area contributed by atoms with E-state index in [2.05, 4.69) is 4.99 Å². The average molecular weight is 232 g/mol. The van der Waals surface area contributed by atoms with Crippen molar-refractivity contribution in [3.05, 3.63) is 34.3 Å². The molecule has 0 atom stereocenters. The Morgan fingerprint density at radius 2 is 2.25 bits per heavy atom. The lowest BCUT2D eigenvalue weighted by Crippen LogP contribution is -1.90. The van der Waals surface area contributed by atoms with Crippen molar-refractivity contribution in [2.24, 2.45) is 4.99 Å². The van der Waals surface area contributed by atoms with Crippen LogP contribution in [0.15, 0.2) is 23.3 Å². The molecule has 3 rings (SSSR count). The Balaban J connectivity index is 2.21. The first-order chi connectivity index (χ1) is 7.66. The number of nitrogens with zero attached hydrogens (tertiary/aromatic N) is 2. The fourth-order valence-electron chi connectivity index (χ4n) is 1.72. The number of hydrogen-bond donors (Lipinski definition) is 1. The normalized spacial score (nSPS) is 13.4. The van der Waals surface area contributed by atoms with Gasteiger partial charge in [-0.3, -0.25) is 9.36 Å². The highest BCUT2D eigenvalue weighted by Gasteiger charge is 2.24. The van der Waals surface area contributed by atoms with Crippen LogP contribution in [0.4, 0.5) is 0 Å². The summed E-state index contributed by atoms with van der Waals surface area (Å²) in [6.07, 6.45) is 3.04. The van der Waals surface area contributed by atoms with Gasteiger partial charge in [-0.2, -0.15) is 0 Å². The van der Waals surface area contributed by atoms with Crippen molar-refractivity contribution in [3.8, 4) is 10.9 Å². The zero-order valence-electron chi connectivity index (χ0n) is 8.47. The molecule has 0 saturated heterocycles. The molecule has 2 aromatic heterocycles. The van der Waals surface area contributed by atoms with Gasteiger partial charge in [-0.05, 0) is 19.1 Å². The summed E-state index contributed by atoms with van der Waals surface area (Å²) >= 11 is 1.56. The number of amides is 1. The Hall–Kier alpha value is -1.88. The molecule has 0 radical (unpaired) electrons. The van der Waals surface area contributed by atoms with Crippen molar-refractivity contribution >= 4 is 23.5 Å². The van der Waals surface area contributed by atoms with Crippen LogP contribution in [0.5, 0.6) is 5.88 Å². The molecule has 0 aliphatic carbocycles. The summed E-state index contributed by atoms with van der Waals surface area (Å²) in [5, 5.41) is 10.9. The van der Waals surface area contributed by atoms with Gasteiger partial charge >= 0.3 is 0 Å². The van der Waals surface area contributed by atoms with Crippen LogP contribution in [-0.2, 0) is 0 Å². The maximum atomic E-state index is 11.3. The molecule has 1 aliphatic rings. The van der Waals surface area contributed by atoms with Crippen molar-refractivity contribution in [3.63, 3.8) is 0 Å². The molecule has 0 fully saturated rings. The van der Waals surface area contributed by atoms with Crippen molar-refractivity contribution in [2.75, 3.05) is 0 Å². The average Bonchev–Trinajstić information content (AvgIpc) is 2.88. The van der Waals surface area contributed by atoms with Gasteiger partial charge in [-0.25, -0.2) is 4.99 Å². The van der Waals surface area contributed by atoms with E-state index in [-0.39, 0.29) is 11.8 Å². The first kappa shape index (κ1) is 9.35. The summed E-state index contributed by atoms with van der Waals surface area (Å²) in [4.78, 5) is 16.1. The van der Waals surface area contributed by atoms with Gasteiger partial charge in [-0.1, -0.05) is 0 Å². The minimum absolute atomic E-state index is 0.0754. The van der Waals surface area contributed by atoms with Gasteiger partial charge in [0.1, 0.15) is 5.00 Å². The predicted octanol–water partition coefficient (Wildman–Crippen LogP) is 2.13. The smallest absolute Gasteiger partial charge is 0.279 e. The number of fused-ring (bicyclic) bond motifs is 1. The lowest BCUT2D eigenvalue weighted by Gasteiger charge is -2.00. The van der Waals surface area contributed by atoms with E-state index >= 15 is 0 Å². The second-order valence-corrected chi connectivity index (χ2v) is 4.86. The summed E-state index contributed by atoms with van der Waals surface area (Å²) in [6.45, 7) is 2.00. The SMILES string of the molecule is Cc1ccc(-n2cc3c(c2O)C=NC3=O)s1. The third-order valence-corrected chi connectivity index (χ3v) is 3.52. The van der Waals surface area contributed by atoms with E-state index in [1.807, 2.05) is 19.1 Å². The minimum atomic E-state index is -0.294. The molecule has 3 heterocycles. The largest absolute Gasteiger partial charge is 0.494 e. The maximum absolute atomic E-state index is 11.3. The van der Waals surface area contributed by atoms with E-state index in [1.165, 1.54) is 6.21 Å². The topological polar surface area (TPSA) is 54.6 Å². The highest BCUT2D eigenvalue weighted by atomic mass is 32.1. The Labute approximate surface area is 95.5 Å². The van der Waals surface area contributed by atoms with E-state index in [0.717, 1.165) is 9.88 Å². The summed E-state index contributed by atoms with van der Waals surface area (Å²) in [7, 11) is 0. The predicted molar refractivity (Wildman–Crippen MR) is 62.0 cm³/mol. The van der Waals surface area contributed by atoms with E-state index in [4.69, 9.17) is 0 Å². The zero-order valence-corrected chi connectivity index (χ0v) is 9.28. The number of aliphatic imine (C=N–C) groups is 1. The molecule has 5 heteroatoms. The number of thiophene rings is 1. The molecule has 0 spiro atoms. The molecule has 80 valence electrons. The highest BCUT2D eigenvalue weighted by molar-refractivity contribution is 7.14. The molecule has 0 aromatic carbocycles. The summed E-state index contributed by atoms with van der Waals surface area (Å²) in [6, 6.07) is 3.89. The molecule has 2 aromatic rings. The number of rotatable bonds is 1. The Kier molecular flexibility index (Phi) is 1.79. The molecular weight excluding hydrogens is 224 g/mol. The molecule has 1 N–H and O–H groups in total. The number of carbonyl (C=O) groups excluding carboxylic acids is 1. The van der Waals surface area contributed by atoms with Crippen LogP contribution in [0.3, 0.4) is 0 Å². The van der Waals surface area contributed by atoms with Crippen LogP contribution < -0.4 is 0 Å². The van der Waals surface area contributed by atoms with Crippen molar-refractivity contribution in [1.82, 2.24) is 4.57 Å². The molecule has 16 heavy (non-hydrogen) atoms. The number of aromatic nitrogens is 1. The summed E-state index contributed by atoms with van der Waals surface area (Å²) in [5.74, 6) is -0.219. The van der Waals surface area contributed by atoms with Crippen molar-refractivity contribution < 1.29 is 9.90 Å². The zero-order chi connectivity index (χ0) is 11.3. The monoisotopic (exact) mass is 232 g/mol. The fraction of sp³-hybridized carbons (Fsp3) is 0.0909. The van der Waals surface area contributed by atoms with Crippen LogP contribution in [0.1, 0.15) is 20.8 Å². The summed E-state index contributed by atoms with van der Waals surface area (Å²) < 4.78 is 1.62. The first-order valence-electron chi connectivity index (χ1n) is 4.76. The third-order valence-electron chi connectivity index (χ3n) is 2.52. The van der Waals surface area contributed by atoms with E-state index in [9.17, 15) is 9.90 Å². The van der Waals surface area contributed by atoms with Gasteiger partial charge in [0, 0.05) is 17.3 Å². The Morgan fingerprint density at radius 3 is 2.88 bits per heavy atom. The number of aromatic hydroxyl groups is 1. The van der Waals surface area contributed by atoms with Gasteiger partial charge in [0.25, 0.3) is 5.91 Å². The van der Waals surface area contributed by atoms with Crippen LogP contribution >= 0.6 is 11.3 Å². The molecular formula is C11H8N2O2S. The lowest BCUT2D eigenvalue weighted by molar-refractivity contribution is 0.101. The fourth-order valence-corrected chi connectivity index (χ4v) is 2.56. The van der Waals surface area contributed by atoms with Crippen LogP contribution in [0.2, 0.25) is 0 Å². The molecule has 0 unspecified atom stereocenters. The van der Waals surface area contributed by atoms with Gasteiger partial charge in [-0.15, -0.1) is 11.3 Å². The van der Waals surface area contributed by atoms with Crippen molar-refractivity contribution in [1.29, 1.82) is 0 Å². The molecule has 4 nitrogen and oxygen atoms in total. The van der Waals surface area contributed by atoms with Gasteiger partial charge in [0.2, 0.25) is 5.88 Å². The molecule has 0 bridgehead atoms. The number of hydrogen-bond acceptors (Lipinski definition) is 3. The summed E-state index contributed by atoms with van der Waals surface area (Å²) in [5.41, 5.74) is 0.972. The Morgan fingerprint density at radius 1 is 1.44 bits per heavy atom. The highest BCUT2D eigenvalue weighted by Crippen LogP contribution is 2.32. The number of aryl methyl sites for hydroxylation is 1. The standard InChI is InChI=1S/C11H8N2O2S/c1-6-2-3-9(16-6)13-5-8-7(11(13)15)4-12-10(8)14/h2-5,15H,1H3. The minimum Gasteiger partial charge on any atom is -0.494 e. The van der Waals surface area contributed by atoms with Crippen molar-refractivity contribution in [2.45, 2.75) is 6.92 Å². The lowest BCUT2D eigenvalue weighted by atomic mass is 10.2. The molecule has 0 saturated carbocycles. The van der Waals surface area contributed by atoms with Crippen LogP contribution in [0, 0.1) is 6.92 Å². The third kappa shape index (κ3) is 1.15. The quantitative estimate of drug-likeness (QED) is 0.818. The van der Waals surface area contributed by atoms with E-state index in [0.29, 0.717) is 11.1 Å².